The van der Waals surface area contributed by atoms with Crippen LogP contribution in [0.5, 0.6) is 0 Å². The van der Waals surface area contributed by atoms with E-state index in [0.29, 0.717) is 0 Å². The molecule has 4 aromatic rings. The van der Waals surface area contributed by atoms with E-state index in [-0.39, 0.29) is 24.4 Å². The Balaban J connectivity index is 1.86. The van der Waals surface area contributed by atoms with Crippen LogP contribution in [0.1, 0.15) is 55.4 Å². The van der Waals surface area contributed by atoms with Crippen LogP contribution in [-0.4, -0.2) is 47.5 Å². The summed E-state index contributed by atoms with van der Waals surface area (Å²) in [6.45, 7) is 12.2. The molecule has 0 bridgehead atoms. The van der Waals surface area contributed by atoms with Gasteiger partial charge in [-0.2, -0.15) is 22.7 Å². The Bertz CT molecular complexity index is 1220. The molecule has 40 heavy (non-hydrogen) atoms. The predicted molar refractivity (Wildman–Crippen MR) is 171 cm³/mol. The molecule has 0 aliphatic carbocycles. The van der Waals surface area contributed by atoms with Gasteiger partial charge in [-0.05, 0) is 78.3 Å². The van der Waals surface area contributed by atoms with Crippen LogP contribution >= 0.6 is 22.7 Å². The van der Waals surface area contributed by atoms with Gasteiger partial charge in [0.1, 0.15) is 0 Å². The monoisotopic (exact) mass is 578 g/mol. The molecule has 0 aromatic carbocycles. The second-order valence-corrected chi connectivity index (χ2v) is 13.0. The van der Waals surface area contributed by atoms with Gasteiger partial charge in [0.25, 0.3) is 0 Å². The highest BCUT2D eigenvalue weighted by atomic mass is 32.1. The van der Waals surface area contributed by atoms with Crippen LogP contribution in [0.25, 0.3) is 11.4 Å². The highest BCUT2D eigenvalue weighted by Crippen LogP contribution is 2.21. The number of hydrogen-bond acceptors (Lipinski definition) is 8. The average Bonchev–Trinajstić information content (AvgIpc) is 3.62. The Hall–Kier alpha value is -2.33. The van der Waals surface area contributed by atoms with E-state index in [1.54, 1.807) is 22.7 Å². The maximum absolute atomic E-state index is 6.62. The average molecular weight is 578 g/mol. The van der Waals surface area contributed by atoms with E-state index in [0.717, 1.165) is 32.1 Å². The molecule has 6 nitrogen and oxygen atoms in total. The van der Waals surface area contributed by atoms with Crippen LogP contribution in [0.3, 0.4) is 0 Å². The number of nitrogens with zero attached hydrogens (tertiary/aromatic N) is 2. The van der Waals surface area contributed by atoms with Crippen molar-refractivity contribution in [3.05, 3.63) is 71.4 Å². The second-order valence-electron chi connectivity index (χ2n) is 11.1. The Morgan fingerprint density at radius 3 is 1.12 bits per heavy atom. The largest absolute Gasteiger partial charge is 0.557 e. The normalized spacial score (nSPS) is 12.8. The van der Waals surface area contributed by atoms with Crippen molar-refractivity contribution in [1.82, 2.24) is 9.97 Å². The number of thiophene rings is 2. The molecule has 0 saturated heterocycles. The molecule has 4 aromatic heterocycles. The van der Waals surface area contributed by atoms with Gasteiger partial charge in [0, 0.05) is 24.4 Å². The molecule has 0 aliphatic rings. The highest BCUT2D eigenvalue weighted by Gasteiger charge is 2.38. The summed E-state index contributed by atoms with van der Waals surface area (Å²) in [5.41, 5.74) is 2.93. The molecule has 0 aliphatic heterocycles. The van der Waals surface area contributed by atoms with Crippen LogP contribution in [0.15, 0.2) is 71.4 Å². The van der Waals surface area contributed by atoms with E-state index in [1.807, 2.05) is 115 Å². The van der Waals surface area contributed by atoms with Crippen molar-refractivity contribution in [2.24, 2.45) is 0 Å². The number of aromatic nitrogens is 2. The first-order chi connectivity index (χ1) is 19.1. The molecule has 0 atom stereocenters. The molecule has 4 heterocycles. The van der Waals surface area contributed by atoms with E-state index in [1.165, 1.54) is 0 Å². The van der Waals surface area contributed by atoms with Crippen LogP contribution in [0.2, 0.25) is 0 Å². The number of hydrogen-bond donors (Lipinski definition) is 0. The molecule has 0 spiro atoms. The van der Waals surface area contributed by atoms with Crippen LogP contribution < -0.4 is 20.7 Å². The molecular formula is C30H40B2N2O4S2-2. The van der Waals surface area contributed by atoms with Crippen LogP contribution in [0.4, 0.5) is 0 Å². The van der Waals surface area contributed by atoms with Crippen LogP contribution in [-0.2, 0) is 18.6 Å². The fourth-order valence-corrected chi connectivity index (χ4v) is 6.83. The lowest BCUT2D eigenvalue weighted by Gasteiger charge is -2.44. The molecular weight excluding hydrogens is 538 g/mol. The molecule has 214 valence electrons. The molecule has 0 radical (unpaired) electrons. The molecule has 0 unspecified atom stereocenters. The first-order valence-electron chi connectivity index (χ1n) is 14.1. The standard InChI is InChI=1S/C30H40B2N2O4S2/c1-21(2)35-31(36-22(3)4,29-17-11-19-39-29)27-15-9-13-25(33-27)26-14-10-16-28(34-26)32(37-23(5)6,38-24(7)8)30-18-12-20-40-30/h9-24H,1-8H3/q-2. The Morgan fingerprint density at radius 2 is 0.850 bits per heavy atom. The Kier molecular flexibility index (Phi) is 10.0. The van der Waals surface area contributed by atoms with E-state index in [9.17, 15) is 0 Å². The minimum atomic E-state index is -2.02. The van der Waals surface area contributed by atoms with Crippen molar-refractivity contribution in [1.29, 1.82) is 0 Å². The fraction of sp³-hybridized carbons (Fsp3) is 0.400. The van der Waals surface area contributed by atoms with Crippen molar-refractivity contribution in [3.8, 4) is 11.4 Å². The van der Waals surface area contributed by atoms with Gasteiger partial charge in [-0.25, -0.2) is 0 Å². The first kappa shape index (κ1) is 30.6. The van der Waals surface area contributed by atoms with Gasteiger partial charge in [-0.3, -0.25) is 9.97 Å². The summed E-state index contributed by atoms with van der Waals surface area (Å²) in [5, 5.41) is 4.09. The third kappa shape index (κ3) is 6.75. The number of pyridine rings is 2. The Morgan fingerprint density at radius 1 is 0.500 bits per heavy atom. The van der Waals surface area contributed by atoms with Gasteiger partial charge in [0.15, 0.2) is 0 Å². The third-order valence-electron chi connectivity index (χ3n) is 6.27. The molecule has 4 rings (SSSR count). The topological polar surface area (TPSA) is 62.7 Å². The maximum Gasteiger partial charge on any atom is 0.326 e. The van der Waals surface area contributed by atoms with Gasteiger partial charge >= 0.3 is 13.1 Å². The van der Waals surface area contributed by atoms with Crippen molar-refractivity contribution < 1.29 is 18.6 Å². The van der Waals surface area contributed by atoms with Crippen molar-refractivity contribution >= 4 is 56.5 Å². The lowest BCUT2D eigenvalue weighted by molar-refractivity contribution is 0.124. The van der Waals surface area contributed by atoms with Crippen molar-refractivity contribution in [3.63, 3.8) is 0 Å². The van der Waals surface area contributed by atoms with Crippen LogP contribution in [0, 0.1) is 0 Å². The third-order valence-corrected chi connectivity index (χ3v) is 8.30. The zero-order valence-electron chi connectivity index (χ0n) is 24.7. The number of rotatable bonds is 13. The quantitative estimate of drug-likeness (QED) is 0.206. The summed E-state index contributed by atoms with van der Waals surface area (Å²) in [4.78, 5) is 10.3. The predicted octanol–water partition coefficient (Wildman–Crippen LogP) is 5.08. The first-order valence-corrected chi connectivity index (χ1v) is 15.8. The minimum Gasteiger partial charge on any atom is -0.557 e. The van der Waals surface area contributed by atoms with E-state index in [2.05, 4.69) is 12.1 Å². The molecule has 0 amide bonds. The summed E-state index contributed by atoms with van der Waals surface area (Å²) in [5.74, 6) is 0. The summed E-state index contributed by atoms with van der Waals surface area (Å²) >= 11 is 3.24. The maximum atomic E-state index is 6.62. The van der Waals surface area contributed by atoms with E-state index < -0.39 is 13.1 Å². The minimum absolute atomic E-state index is 0.0664. The SMILES string of the molecule is CC(C)O[B-](OC(C)C)(c1cccc(-c2cccc([B-](OC(C)C)(OC(C)C)c3cccs3)n2)n1)c1cccs1. The smallest absolute Gasteiger partial charge is 0.326 e. The highest BCUT2D eigenvalue weighted by molar-refractivity contribution is 7.26. The van der Waals surface area contributed by atoms with Crippen molar-refractivity contribution in [2.75, 3.05) is 0 Å². The molecule has 10 heteroatoms. The van der Waals surface area contributed by atoms with E-state index in [4.69, 9.17) is 28.6 Å². The molecule has 0 N–H and O–H groups in total. The van der Waals surface area contributed by atoms with Gasteiger partial charge in [0.2, 0.25) is 0 Å². The summed E-state index contributed by atoms with van der Waals surface area (Å²) in [6, 6.07) is 20.1. The Labute approximate surface area is 247 Å². The van der Waals surface area contributed by atoms with Crippen molar-refractivity contribution in [2.45, 2.75) is 79.8 Å². The van der Waals surface area contributed by atoms with Gasteiger partial charge in [-0.15, -0.1) is 0 Å². The molecule has 0 fully saturated rings. The van der Waals surface area contributed by atoms with Gasteiger partial charge < -0.3 is 18.6 Å². The summed E-state index contributed by atoms with van der Waals surface area (Å²) in [6.07, 6.45) is -0.266. The summed E-state index contributed by atoms with van der Waals surface area (Å²) in [7, 11) is 0. The second kappa shape index (κ2) is 13.1. The lowest BCUT2D eigenvalue weighted by atomic mass is 9.52. The zero-order valence-corrected chi connectivity index (χ0v) is 26.4. The molecule has 0 saturated carbocycles. The fourth-order valence-electron chi connectivity index (χ4n) is 5.06. The van der Waals surface area contributed by atoms with E-state index >= 15 is 0 Å². The summed E-state index contributed by atoms with van der Waals surface area (Å²) < 4.78 is 28.5. The zero-order chi connectivity index (χ0) is 28.9. The van der Waals surface area contributed by atoms with Gasteiger partial charge in [0.05, 0.1) is 11.4 Å². The van der Waals surface area contributed by atoms with Gasteiger partial charge in [-0.1, -0.05) is 69.3 Å². The lowest BCUT2D eigenvalue weighted by Crippen LogP contribution is -2.65.